The Morgan fingerprint density at radius 3 is 2.50 bits per heavy atom. The quantitative estimate of drug-likeness (QED) is 0.447. The van der Waals surface area contributed by atoms with E-state index in [1.54, 1.807) is 19.2 Å². The zero-order valence-electron chi connectivity index (χ0n) is 22.3. The first kappa shape index (κ1) is 26.7. The van der Waals surface area contributed by atoms with E-state index in [0.29, 0.717) is 23.2 Å². The number of aliphatic hydroxyl groups excluding tert-OH is 1. The van der Waals surface area contributed by atoms with Crippen LogP contribution in [0.25, 0.3) is 6.08 Å². The average Bonchev–Trinajstić information content (AvgIpc) is 3.21. The predicted molar refractivity (Wildman–Crippen MR) is 142 cm³/mol. The number of nitrogens with two attached hydrogens (primary N) is 1. The molecule has 8 heteroatoms. The lowest BCUT2D eigenvalue weighted by Gasteiger charge is -2.39. The van der Waals surface area contributed by atoms with Crippen molar-refractivity contribution >= 4 is 24.2 Å². The number of aliphatic imine (C=N–C) groups is 1. The third-order valence-corrected chi connectivity index (χ3v) is 8.36. The van der Waals surface area contributed by atoms with Crippen molar-refractivity contribution in [3.05, 3.63) is 29.1 Å². The summed E-state index contributed by atoms with van der Waals surface area (Å²) in [6.07, 6.45) is 10.4. The lowest BCUT2D eigenvalue weighted by atomic mass is 9.67. The monoisotopic (exact) mass is 501 g/mol. The van der Waals surface area contributed by atoms with Crippen LogP contribution >= 0.6 is 0 Å². The van der Waals surface area contributed by atoms with Crippen molar-refractivity contribution < 1.29 is 13.9 Å². The molecule has 0 amide bonds. The molecular formula is C28H41F2N5O. The number of nitrogen functional groups attached to an aromatic ring is 1. The summed E-state index contributed by atoms with van der Waals surface area (Å²) in [7, 11) is 0. The van der Waals surface area contributed by atoms with Crippen molar-refractivity contribution in [1.82, 2.24) is 10.4 Å². The Kier molecular flexibility index (Phi) is 7.05. The SMILES string of the molecule is CC1C=Cc2nc(C(C)(C)F)cc(N)c2C1C1CCC(/C=N/C(O)[C@]2(C)C=NNC2C(C)(C)F)CC1. The van der Waals surface area contributed by atoms with E-state index in [4.69, 9.17) is 5.73 Å². The Morgan fingerprint density at radius 2 is 1.89 bits per heavy atom. The average molecular weight is 502 g/mol. The van der Waals surface area contributed by atoms with E-state index >= 15 is 0 Å². The minimum atomic E-state index is -1.56. The number of allylic oxidation sites excluding steroid dienone is 1. The molecule has 3 aliphatic rings. The second-order valence-electron chi connectivity index (χ2n) is 12.2. The van der Waals surface area contributed by atoms with Crippen LogP contribution in [0.3, 0.4) is 0 Å². The van der Waals surface area contributed by atoms with Crippen molar-refractivity contribution in [2.75, 3.05) is 5.73 Å². The molecule has 5 atom stereocenters. The number of nitrogens with one attached hydrogen (secondary N) is 1. The Balaban J connectivity index is 1.44. The lowest BCUT2D eigenvalue weighted by molar-refractivity contribution is 0.0202. The molecule has 1 aromatic rings. The third kappa shape index (κ3) is 5.06. The maximum absolute atomic E-state index is 14.7. The second kappa shape index (κ2) is 9.51. The van der Waals surface area contributed by atoms with Crippen molar-refractivity contribution in [1.29, 1.82) is 0 Å². The van der Waals surface area contributed by atoms with Crippen LogP contribution in [0, 0.1) is 23.2 Å². The number of hydrogen-bond donors (Lipinski definition) is 3. The number of pyridine rings is 1. The molecule has 0 spiro atoms. The first-order valence-corrected chi connectivity index (χ1v) is 13.1. The fraction of sp³-hybridized carbons (Fsp3) is 0.679. The molecule has 0 bridgehead atoms. The summed E-state index contributed by atoms with van der Waals surface area (Å²) < 4.78 is 29.2. The Morgan fingerprint density at radius 1 is 1.22 bits per heavy atom. The number of hydrazone groups is 1. The molecular weight excluding hydrogens is 460 g/mol. The highest BCUT2D eigenvalue weighted by Gasteiger charge is 2.50. The summed E-state index contributed by atoms with van der Waals surface area (Å²) in [5.74, 6) is 1.25. The molecule has 1 fully saturated rings. The van der Waals surface area contributed by atoms with Gasteiger partial charge in [-0.15, -0.1) is 0 Å². The van der Waals surface area contributed by atoms with Gasteiger partial charge in [-0.1, -0.05) is 13.0 Å². The van der Waals surface area contributed by atoms with Crippen molar-refractivity contribution in [3.63, 3.8) is 0 Å². The van der Waals surface area contributed by atoms with Gasteiger partial charge in [-0.3, -0.25) is 4.99 Å². The van der Waals surface area contributed by atoms with Gasteiger partial charge in [0.2, 0.25) is 0 Å². The van der Waals surface area contributed by atoms with Crippen LogP contribution in [-0.2, 0) is 5.67 Å². The van der Waals surface area contributed by atoms with Crippen molar-refractivity contribution in [2.24, 2.45) is 33.3 Å². The number of aromatic nitrogens is 1. The number of fused-ring (bicyclic) bond motifs is 1. The number of halogens is 2. The summed E-state index contributed by atoms with van der Waals surface area (Å²) in [6, 6.07) is 1.04. The van der Waals surface area contributed by atoms with Gasteiger partial charge in [-0.25, -0.2) is 13.8 Å². The number of nitrogens with zero attached hydrogens (tertiary/aromatic N) is 3. The zero-order valence-corrected chi connectivity index (χ0v) is 22.3. The Labute approximate surface area is 213 Å². The standard InChI is InChI=1S/C28H41F2N5O/c1-16-7-12-20-23(19(31)13-21(34-20)26(2,3)29)22(16)18-10-8-17(9-11-18)14-32-25(36)28(6)15-33-35-24(28)27(4,5)30/h7,12-18,22,24-25,35-36H,8-11H2,1-6H3,(H2,31,34)/b32-14+/t16?,17?,18?,22?,24?,25?,28-/m1/s1. The number of hydrogen-bond acceptors (Lipinski definition) is 6. The summed E-state index contributed by atoms with van der Waals surface area (Å²) in [4.78, 5) is 9.08. The number of alkyl halides is 2. The van der Waals surface area contributed by atoms with E-state index in [1.807, 2.05) is 12.3 Å². The van der Waals surface area contributed by atoms with Crippen LogP contribution in [0.2, 0.25) is 0 Å². The molecule has 4 unspecified atom stereocenters. The summed E-state index contributed by atoms with van der Waals surface area (Å²) in [5, 5.41) is 14.9. The fourth-order valence-corrected chi connectivity index (χ4v) is 6.27. The van der Waals surface area contributed by atoms with Crippen LogP contribution in [0.1, 0.15) is 90.1 Å². The van der Waals surface area contributed by atoms with Gasteiger partial charge in [0.05, 0.1) is 22.8 Å². The maximum atomic E-state index is 14.7. The molecule has 4 rings (SSSR count). The van der Waals surface area contributed by atoms with Gasteiger partial charge in [-0.2, -0.15) is 5.10 Å². The first-order valence-electron chi connectivity index (χ1n) is 13.1. The highest BCUT2D eigenvalue weighted by Crippen LogP contribution is 2.48. The molecule has 4 N–H and O–H groups in total. The second-order valence-corrected chi connectivity index (χ2v) is 12.2. The smallest absolute Gasteiger partial charge is 0.157 e. The minimum Gasteiger partial charge on any atom is -0.398 e. The molecule has 1 aliphatic heterocycles. The first-order chi connectivity index (χ1) is 16.7. The molecule has 1 saturated carbocycles. The van der Waals surface area contributed by atoms with Crippen LogP contribution < -0.4 is 11.2 Å². The van der Waals surface area contributed by atoms with Crippen LogP contribution in [0.5, 0.6) is 0 Å². The van der Waals surface area contributed by atoms with Gasteiger partial charge in [0.25, 0.3) is 0 Å². The normalized spacial score (nSPS) is 33.5. The third-order valence-electron chi connectivity index (χ3n) is 8.36. The largest absolute Gasteiger partial charge is 0.398 e. The molecule has 0 aromatic carbocycles. The van der Waals surface area contributed by atoms with Gasteiger partial charge < -0.3 is 16.3 Å². The predicted octanol–water partition coefficient (Wildman–Crippen LogP) is 5.52. The summed E-state index contributed by atoms with van der Waals surface area (Å²) >= 11 is 0. The minimum absolute atomic E-state index is 0.241. The number of anilines is 1. The van der Waals surface area contributed by atoms with E-state index in [9.17, 15) is 13.9 Å². The molecule has 2 heterocycles. The topological polar surface area (TPSA) is 95.9 Å². The van der Waals surface area contributed by atoms with E-state index in [1.165, 1.54) is 27.7 Å². The molecule has 36 heavy (non-hydrogen) atoms. The van der Waals surface area contributed by atoms with Gasteiger partial charge >= 0.3 is 0 Å². The molecule has 1 aromatic heterocycles. The molecule has 0 saturated heterocycles. The van der Waals surface area contributed by atoms with Gasteiger partial charge in [0.1, 0.15) is 11.3 Å². The highest BCUT2D eigenvalue weighted by molar-refractivity contribution is 5.71. The van der Waals surface area contributed by atoms with Crippen LogP contribution in [-0.4, -0.2) is 40.5 Å². The highest BCUT2D eigenvalue weighted by atomic mass is 19.1. The van der Waals surface area contributed by atoms with Crippen molar-refractivity contribution in [2.45, 2.75) is 96.8 Å². The molecule has 0 radical (unpaired) electrons. The molecule has 198 valence electrons. The summed E-state index contributed by atoms with van der Waals surface area (Å²) in [6.45, 7) is 9.96. The van der Waals surface area contributed by atoms with Gasteiger partial charge in [0.15, 0.2) is 6.23 Å². The molecule has 6 nitrogen and oxygen atoms in total. The van der Waals surface area contributed by atoms with Gasteiger partial charge in [-0.05, 0) is 96.1 Å². The number of aliphatic hydroxyl groups is 1. The number of rotatable bonds is 6. The van der Waals surface area contributed by atoms with E-state index in [2.05, 4.69) is 33.5 Å². The Bertz CT molecular complexity index is 1050. The Hall–Kier alpha value is -2.35. The van der Waals surface area contributed by atoms with Crippen molar-refractivity contribution in [3.8, 4) is 0 Å². The van der Waals surface area contributed by atoms with E-state index < -0.39 is 29.0 Å². The van der Waals surface area contributed by atoms with Crippen LogP contribution in [0.4, 0.5) is 14.5 Å². The van der Waals surface area contributed by atoms with E-state index in [-0.39, 0.29) is 11.8 Å². The fourth-order valence-electron chi connectivity index (χ4n) is 6.27. The summed E-state index contributed by atoms with van der Waals surface area (Å²) in [5.41, 5.74) is 8.09. The maximum Gasteiger partial charge on any atom is 0.157 e. The zero-order chi connectivity index (χ0) is 26.5. The molecule has 2 aliphatic carbocycles. The van der Waals surface area contributed by atoms with Gasteiger partial charge in [0, 0.05) is 23.7 Å². The van der Waals surface area contributed by atoms with Crippen LogP contribution in [0.15, 0.2) is 22.2 Å². The van der Waals surface area contributed by atoms with E-state index in [0.717, 1.165) is 36.9 Å². The lowest BCUT2D eigenvalue weighted by Crippen LogP contribution is -2.54.